The quantitative estimate of drug-likeness (QED) is 0.787. The van der Waals surface area contributed by atoms with Crippen molar-refractivity contribution in [1.29, 1.82) is 0 Å². The zero-order chi connectivity index (χ0) is 11.5. The Bertz CT molecular complexity index is 189. The number of aliphatic hydroxyl groups excluding tert-OH is 1. The van der Waals surface area contributed by atoms with Crippen molar-refractivity contribution in [3.05, 3.63) is 0 Å². The Morgan fingerprint density at radius 2 is 1.93 bits per heavy atom. The van der Waals surface area contributed by atoms with E-state index in [-0.39, 0.29) is 6.10 Å². The lowest BCUT2D eigenvalue weighted by atomic mass is 9.86. The molecule has 0 spiro atoms. The molecule has 0 aliphatic heterocycles. The van der Waals surface area contributed by atoms with Crippen molar-refractivity contribution in [2.75, 3.05) is 18.3 Å². The molecule has 2 atom stereocenters. The molecule has 92 valence electrons. The maximum absolute atomic E-state index is 9.63. The van der Waals surface area contributed by atoms with E-state index >= 15 is 0 Å². The van der Waals surface area contributed by atoms with Crippen LogP contribution in [0.5, 0.6) is 0 Å². The highest BCUT2D eigenvalue weighted by atomic mass is 32.3. The van der Waals surface area contributed by atoms with Crippen molar-refractivity contribution < 1.29 is 5.11 Å². The van der Waals surface area contributed by atoms with Crippen LogP contribution >= 0.6 is 10.0 Å². The summed E-state index contributed by atoms with van der Waals surface area (Å²) >= 11 is 0. The monoisotopic (exact) mass is 232 g/mol. The van der Waals surface area contributed by atoms with Gasteiger partial charge in [0.15, 0.2) is 0 Å². The zero-order valence-corrected chi connectivity index (χ0v) is 11.6. The third-order valence-electron chi connectivity index (χ3n) is 4.08. The van der Waals surface area contributed by atoms with Crippen LogP contribution in [0.3, 0.4) is 0 Å². The molecular formula is C13H28OS. The Morgan fingerprint density at radius 3 is 2.47 bits per heavy atom. The maximum Gasteiger partial charge on any atom is 0.0542 e. The van der Waals surface area contributed by atoms with Gasteiger partial charge in [-0.05, 0) is 48.7 Å². The molecule has 0 aromatic heterocycles. The number of hydrogen-bond donors (Lipinski definition) is 1. The van der Waals surface area contributed by atoms with E-state index in [4.69, 9.17) is 0 Å². The molecule has 0 saturated heterocycles. The van der Waals surface area contributed by atoms with E-state index in [1.807, 2.05) is 0 Å². The summed E-state index contributed by atoms with van der Waals surface area (Å²) in [5, 5.41) is 10.5. The second-order valence-electron chi connectivity index (χ2n) is 5.85. The first-order valence-electron chi connectivity index (χ1n) is 6.30. The predicted octanol–water partition coefficient (Wildman–Crippen LogP) is 3.40. The van der Waals surface area contributed by atoms with Crippen LogP contribution in [0.1, 0.15) is 46.0 Å². The van der Waals surface area contributed by atoms with Crippen LogP contribution in [0.15, 0.2) is 0 Å². The average molecular weight is 232 g/mol. The zero-order valence-electron chi connectivity index (χ0n) is 10.8. The summed E-state index contributed by atoms with van der Waals surface area (Å²) in [6.07, 6.45) is 10.9. The van der Waals surface area contributed by atoms with Crippen molar-refractivity contribution in [1.82, 2.24) is 0 Å². The van der Waals surface area contributed by atoms with Gasteiger partial charge >= 0.3 is 0 Å². The van der Waals surface area contributed by atoms with Crippen molar-refractivity contribution in [3.8, 4) is 0 Å². The Hall–Kier alpha value is 0.310. The largest absolute Gasteiger partial charge is 0.393 e. The van der Waals surface area contributed by atoms with Crippen LogP contribution in [-0.2, 0) is 0 Å². The third kappa shape index (κ3) is 4.36. The lowest BCUT2D eigenvalue weighted by Crippen LogP contribution is -2.22. The lowest BCUT2D eigenvalue weighted by Gasteiger charge is -2.38. The van der Waals surface area contributed by atoms with Crippen LogP contribution in [0.4, 0.5) is 0 Å². The standard InChI is InChI=1S/C13H28OS/c1-11(2)15(3,4)9-8-12-6-5-7-13(14)10-12/h11-14H,5-10H2,1-4H3. The molecule has 15 heavy (non-hydrogen) atoms. The highest BCUT2D eigenvalue weighted by Gasteiger charge is 2.23. The van der Waals surface area contributed by atoms with Crippen LogP contribution < -0.4 is 0 Å². The average Bonchev–Trinajstić information content (AvgIpc) is 2.15. The van der Waals surface area contributed by atoms with Gasteiger partial charge in [0.1, 0.15) is 0 Å². The minimum Gasteiger partial charge on any atom is -0.393 e. The molecule has 0 aromatic carbocycles. The fourth-order valence-electron chi connectivity index (χ4n) is 2.23. The van der Waals surface area contributed by atoms with Gasteiger partial charge in [0.25, 0.3) is 0 Å². The first-order valence-corrected chi connectivity index (χ1v) is 8.98. The van der Waals surface area contributed by atoms with Crippen LogP contribution in [0, 0.1) is 5.92 Å². The van der Waals surface area contributed by atoms with Gasteiger partial charge < -0.3 is 5.11 Å². The Morgan fingerprint density at radius 1 is 1.27 bits per heavy atom. The summed E-state index contributed by atoms with van der Waals surface area (Å²) in [5.41, 5.74) is 0. The lowest BCUT2D eigenvalue weighted by molar-refractivity contribution is 0.100. The fourth-order valence-corrected chi connectivity index (χ4v) is 3.64. The molecule has 0 aromatic rings. The summed E-state index contributed by atoms with van der Waals surface area (Å²) in [7, 11) is -0.397. The molecule has 1 aliphatic rings. The van der Waals surface area contributed by atoms with Gasteiger partial charge in [0, 0.05) is 0 Å². The summed E-state index contributed by atoms with van der Waals surface area (Å²) in [6, 6.07) is 0. The number of aliphatic hydroxyl groups is 1. The van der Waals surface area contributed by atoms with E-state index in [9.17, 15) is 5.11 Å². The summed E-state index contributed by atoms with van der Waals surface area (Å²) < 4.78 is 0. The molecule has 1 saturated carbocycles. The van der Waals surface area contributed by atoms with E-state index in [0.717, 1.165) is 24.0 Å². The van der Waals surface area contributed by atoms with Crippen LogP contribution in [0.2, 0.25) is 0 Å². The van der Waals surface area contributed by atoms with E-state index in [1.54, 1.807) is 0 Å². The Kier molecular flexibility index (Phi) is 4.98. The van der Waals surface area contributed by atoms with Gasteiger partial charge in [0.2, 0.25) is 0 Å². The van der Waals surface area contributed by atoms with Gasteiger partial charge in [-0.1, -0.05) is 26.7 Å². The Balaban J connectivity index is 2.30. The van der Waals surface area contributed by atoms with Crippen LogP contribution in [0.25, 0.3) is 0 Å². The van der Waals surface area contributed by atoms with E-state index in [0.29, 0.717) is 0 Å². The first kappa shape index (κ1) is 13.4. The Labute approximate surface area is 97.0 Å². The smallest absolute Gasteiger partial charge is 0.0542 e. The highest BCUT2D eigenvalue weighted by molar-refractivity contribution is 8.33. The highest BCUT2D eigenvalue weighted by Crippen LogP contribution is 2.46. The SMILES string of the molecule is CC(C)S(C)(C)CCC1CCCC(O)C1. The molecule has 1 aliphatic carbocycles. The first-order chi connectivity index (χ1) is 6.92. The van der Waals surface area contributed by atoms with Gasteiger partial charge in [-0.25, -0.2) is 10.0 Å². The van der Waals surface area contributed by atoms with E-state index in [1.165, 1.54) is 25.0 Å². The van der Waals surface area contributed by atoms with Gasteiger partial charge in [-0.3, -0.25) is 0 Å². The molecule has 0 amide bonds. The molecule has 1 nitrogen and oxygen atoms in total. The van der Waals surface area contributed by atoms with E-state index in [2.05, 4.69) is 26.4 Å². The van der Waals surface area contributed by atoms with E-state index < -0.39 is 10.0 Å². The molecule has 1 rings (SSSR count). The molecule has 0 radical (unpaired) electrons. The molecule has 2 unspecified atom stereocenters. The molecule has 0 heterocycles. The normalized spacial score (nSPS) is 29.5. The maximum atomic E-state index is 9.63. The number of rotatable bonds is 4. The van der Waals surface area contributed by atoms with Gasteiger partial charge in [0.05, 0.1) is 6.10 Å². The van der Waals surface area contributed by atoms with Crippen molar-refractivity contribution in [3.63, 3.8) is 0 Å². The molecule has 1 fully saturated rings. The summed E-state index contributed by atoms with van der Waals surface area (Å²) in [5.74, 6) is 2.20. The third-order valence-corrected chi connectivity index (χ3v) is 7.92. The minimum absolute atomic E-state index is 0.000845. The van der Waals surface area contributed by atoms with Crippen molar-refractivity contribution in [2.45, 2.75) is 57.3 Å². The summed E-state index contributed by atoms with van der Waals surface area (Å²) in [4.78, 5) is 0. The second-order valence-corrected chi connectivity index (χ2v) is 10.5. The van der Waals surface area contributed by atoms with Crippen LogP contribution in [-0.4, -0.2) is 34.7 Å². The number of hydrogen-bond acceptors (Lipinski definition) is 1. The second kappa shape index (κ2) is 5.58. The molecular weight excluding hydrogens is 204 g/mol. The van der Waals surface area contributed by atoms with Crippen molar-refractivity contribution >= 4 is 10.0 Å². The predicted molar refractivity (Wildman–Crippen MR) is 72.0 cm³/mol. The summed E-state index contributed by atoms with van der Waals surface area (Å²) in [6.45, 7) is 4.70. The topological polar surface area (TPSA) is 20.2 Å². The minimum atomic E-state index is -0.397. The molecule has 1 N–H and O–H groups in total. The molecule has 2 heteroatoms. The van der Waals surface area contributed by atoms with Crippen molar-refractivity contribution in [2.24, 2.45) is 5.92 Å². The fraction of sp³-hybridized carbons (Fsp3) is 1.00. The molecule has 0 bridgehead atoms. The van der Waals surface area contributed by atoms with Gasteiger partial charge in [-0.15, -0.1) is 0 Å². The van der Waals surface area contributed by atoms with Gasteiger partial charge in [-0.2, -0.15) is 0 Å².